The molecule has 0 amide bonds. The molecule has 19 heavy (non-hydrogen) atoms. The Hall–Kier alpha value is -0.910. The van der Waals surface area contributed by atoms with Gasteiger partial charge in [-0.3, -0.25) is 4.21 Å². The van der Waals surface area contributed by atoms with Crippen LogP contribution in [-0.2, 0) is 15.5 Å². The highest BCUT2D eigenvalue weighted by molar-refractivity contribution is 7.85. The summed E-state index contributed by atoms with van der Waals surface area (Å²) in [6.07, 6.45) is 1.05. The third-order valence-corrected chi connectivity index (χ3v) is 5.02. The predicted molar refractivity (Wildman–Crippen MR) is 76.0 cm³/mol. The average molecular weight is 283 g/mol. The molecule has 3 atom stereocenters. The van der Waals surface area contributed by atoms with E-state index in [0.29, 0.717) is 11.7 Å². The zero-order chi connectivity index (χ0) is 13.7. The first-order valence-corrected chi connectivity index (χ1v) is 7.84. The van der Waals surface area contributed by atoms with Crippen LogP contribution < -0.4 is 10.1 Å². The van der Waals surface area contributed by atoms with E-state index in [2.05, 4.69) is 5.32 Å². The maximum atomic E-state index is 12.4. The van der Waals surface area contributed by atoms with Crippen LogP contribution >= 0.6 is 0 Å². The molecule has 0 bridgehead atoms. The van der Waals surface area contributed by atoms with Gasteiger partial charge in [-0.05, 0) is 37.7 Å². The van der Waals surface area contributed by atoms with Crippen molar-refractivity contribution in [1.29, 1.82) is 0 Å². The largest absolute Gasteiger partial charge is 0.497 e. The summed E-state index contributed by atoms with van der Waals surface area (Å²) in [6.45, 7) is 1.59. The smallest absolute Gasteiger partial charge is 0.118 e. The molecule has 1 N–H and O–H groups in total. The minimum Gasteiger partial charge on any atom is -0.497 e. The Bertz CT molecular complexity index is 415. The molecular formula is C14H21NO3S. The highest BCUT2D eigenvalue weighted by atomic mass is 32.2. The van der Waals surface area contributed by atoms with Gasteiger partial charge in [-0.2, -0.15) is 0 Å². The Morgan fingerprint density at radius 1 is 1.47 bits per heavy atom. The average Bonchev–Trinajstić information content (AvgIpc) is 2.98. The molecule has 0 aliphatic carbocycles. The van der Waals surface area contributed by atoms with E-state index in [4.69, 9.17) is 9.47 Å². The maximum absolute atomic E-state index is 12.4. The molecule has 0 radical (unpaired) electrons. The molecule has 0 aromatic heterocycles. The fraction of sp³-hybridized carbons (Fsp3) is 0.571. The van der Waals surface area contributed by atoms with Gasteiger partial charge in [0.15, 0.2) is 0 Å². The van der Waals surface area contributed by atoms with Gasteiger partial charge >= 0.3 is 0 Å². The molecule has 1 heterocycles. The van der Waals surface area contributed by atoms with Crippen LogP contribution in [0.5, 0.6) is 5.75 Å². The molecule has 2 rings (SSSR count). The van der Waals surface area contributed by atoms with Gasteiger partial charge in [0.25, 0.3) is 0 Å². The Labute approximate surface area is 116 Å². The Kier molecular flexibility index (Phi) is 5.36. The summed E-state index contributed by atoms with van der Waals surface area (Å²) in [5.74, 6) is 1.87. The zero-order valence-electron chi connectivity index (χ0n) is 11.4. The van der Waals surface area contributed by atoms with E-state index in [1.165, 1.54) is 0 Å². The summed E-state index contributed by atoms with van der Waals surface area (Å²) in [6, 6.07) is 7.67. The number of nitrogens with one attached hydrogen (secondary N) is 1. The van der Waals surface area contributed by atoms with Gasteiger partial charge in [-0.25, -0.2) is 0 Å². The number of methoxy groups -OCH3 is 1. The van der Waals surface area contributed by atoms with Gasteiger partial charge in [0.1, 0.15) is 5.75 Å². The first-order chi connectivity index (χ1) is 9.24. The van der Waals surface area contributed by atoms with Crippen molar-refractivity contribution in [3.8, 4) is 5.75 Å². The van der Waals surface area contributed by atoms with E-state index in [1.54, 1.807) is 7.11 Å². The summed E-state index contributed by atoms with van der Waals surface area (Å²) < 4.78 is 22.9. The number of ether oxygens (including phenoxy) is 2. The van der Waals surface area contributed by atoms with Crippen LogP contribution in [-0.4, -0.2) is 43.4 Å². The molecule has 106 valence electrons. The molecular weight excluding hydrogens is 262 g/mol. The van der Waals surface area contributed by atoms with E-state index in [1.807, 2.05) is 31.3 Å². The van der Waals surface area contributed by atoms with Gasteiger partial charge in [0.2, 0.25) is 0 Å². The molecule has 1 saturated heterocycles. The minimum absolute atomic E-state index is 0.241. The molecule has 1 aromatic carbocycles. The van der Waals surface area contributed by atoms with Crippen molar-refractivity contribution in [3.05, 3.63) is 24.3 Å². The molecule has 4 nitrogen and oxygen atoms in total. The fourth-order valence-electron chi connectivity index (χ4n) is 2.31. The summed E-state index contributed by atoms with van der Waals surface area (Å²) in [7, 11) is 2.56. The van der Waals surface area contributed by atoms with Crippen molar-refractivity contribution < 1.29 is 13.7 Å². The minimum atomic E-state index is -0.993. The Balaban J connectivity index is 1.97. The summed E-state index contributed by atoms with van der Waals surface area (Å²) >= 11 is 0. The second-order valence-corrected chi connectivity index (χ2v) is 6.20. The number of hydrogen-bond acceptors (Lipinski definition) is 4. The first kappa shape index (κ1) is 14.5. The van der Waals surface area contributed by atoms with Gasteiger partial charge in [0.05, 0.1) is 24.5 Å². The number of hydrogen-bond donors (Lipinski definition) is 1. The number of benzene rings is 1. The van der Waals surface area contributed by atoms with Crippen LogP contribution in [0.15, 0.2) is 29.2 Å². The summed E-state index contributed by atoms with van der Waals surface area (Å²) in [5.41, 5.74) is 0. The van der Waals surface area contributed by atoms with E-state index in [9.17, 15) is 4.21 Å². The van der Waals surface area contributed by atoms with Crippen molar-refractivity contribution >= 4 is 10.8 Å². The molecule has 1 aliphatic heterocycles. The highest BCUT2D eigenvalue weighted by Gasteiger charge is 2.26. The third kappa shape index (κ3) is 3.78. The van der Waals surface area contributed by atoms with Crippen LogP contribution in [0.4, 0.5) is 0 Å². The second kappa shape index (κ2) is 7.03. The predicted octanol–water partition coefficient (Wildman–Crippen LogP) is 1.43. The van der Waals surface area contributed by atoms with E-state index in [0.717, 1.165) is 30.3 Å². The first-order valence-electron chi connectivity index (χ1n) is 6.52. The molecule has 0 saturated carbocycles. The van der Waals surface area contributed by atoms with Crippen LogP contribution in [0.3, 0.4) is 0 Å². The van der Waals surface area contributed by atoms with Gasteiger partial charge in [-0.15, -0.1) is 0 Å². The van der Waals surface area contributed by atoms with Crippen molar-refractivity contribution in [3.63, 3.8) is 0 Å². The highest BCUT2D eigenvalue weighted by Crippen LogP contribution is 2.20. The zero-order valence-corrected chi connectivity index (χ0v) is 12.2. The molecule has 5 heteroatoms. The van der Waals surface area contributed by atoms with Crippen molar-refractivity contribution in [2.75, 3.05) is 33.1 Å². The maximum Gasteiger partial charge on any atom is 0.118 e. The normalized spacial score (nSPS) is 22.1. The Morgan fingerprint density at radius 2 is 2.21 bits per heavy atom. The van der Waals surface area contributed by atoms with Gasteiger partial charge < -0.3 is 14.8 Å². The molecule has 1 aliphatic rings. The molecule has 1 fully saturated rings. The Morgan fingerprint density at radius 3 is 2.74 bits per heavy atom. The van der Waals surface area contributed by atoms with E-state index in [-0.39, 0.29) is 6.04 Å². The topological polar surface area (TPSA) is 47.6 Å². The standard InChI is InChI=1S/C14H21NO3S/c1-15-14(11-7-8-18-9-11)10-19(16)13-5-3-12(17-2)4-6-13/h3-6,11,14-15H,7-10H2,1-2H3. The molecule has 3 unspecified atom stereocenters. The third-order valence-electron chi connectivity index (χ3n) is 3.56. The number of rotatable bonds is 6. The van der Waals surface area contributed by atoms with Crippen LogP contribution in [0.2, 0.25) is 0 Å². The van der Waals surface area contributed by atoms with Gasteiger partial charge in [0, 0.05) is 29.2 Å². The lowest BCUT2D eigenvalue weighted by Gasteiger charge is -2.21. The lowest BCUT2D eigenvalue weighted by molar-refractivity contribution is 0.179. The SMILES string of the molecule is CNC(CS(=O)c1ccc(OC)cc1)C1CCOC1. The van der Waals surface area contributed by atoms with E-state index >= 15 is 0 Å². The molecule has 0 spiro atoms. The van der Waals surface area contributed by atoms with Crippen molar-refractivity contribution in [2.24, 2.45) is 5.92 Å². The van der Waals surface area contributed by atoms with Crippen molar-refractivity contribution in [1.82, 2.24) is 5.32 Å². The molecule has 1 aromatic rings. The van der Waals surface area contributed by atoms with Crippen molar-refractivity contribution in [2.45, 2.75) is 17.4 Å². The summed E-state index contributed by atoms with van der Waals surface area (Å²) in [4.78, 5) is 0.847. The van der Waals surface area contributed by atoms with Crippen LogP contribution in [0.1, 0.15) is 6.42 Å². The second-order valence-electron chi connectivity index (χ2n) is 4.71. The quantitative estimate of drug-likeness (QED) is 0.858. The van der Waals surface area contributed by atoms with Gasteiger partial charge in [-0.1, -0.05) is 0 Å². The van der Waals surface area contributed by atoms with E-state index < -0.39 is 10.8 Å². The fourth-order valence-corrected chi connectivity index (χ4v) is 3.71. The lowest BCUT2D eigenvalue weighted by atomic mass is 10.0. The monoisotopic (exact) mass is 283 g/mol. The van der Waals surface area contributed by atoms with Crippen LogP contribution in [0, 0.1) is 5.92 Å². The van der Waals surface area contributed by atoms with Crippen LogP contribution in [0.25, 0.3) is 0 Å². The lowest BCUT2D eigenvalue weighted by Crippen LogP contribution is -2.38. The summed E-state index contributed by atoms with van der Waals surface area (Å²) in [5, 5.41) is 3.27.